The topological polar surface area (TPSA) is 116 Å². The molecule has 0 amide bonds. The molecule has 0 radical (unpaired) electrons. The van der Waals surface area contributed by atoms with Gasteiger partial charge in [0.25, 0.3) is 0 Å². The van der Waals surface area contributed by atoms with Crippen LogP contribution in [0.4, 0.5) is 11.4 Å². The van der Waals surface area contributed by atoms with Gasteiger partial charge in [-0.2, -0.15) is 10.2 Å². The van der Waals surface area contributed by atoms with Gasteiger partial charge in [-0.1, -0.05) is 37.8 Å². The third-order valence-electron chi connectivity index (χ3n) is 2.14. The maximum absolute atomic E-state index is 10.5. The van der Waals surface area contributed by atoms with Crippen molar-refractivity contribution >= 4 is 28.0 Å². The summed E-state index contributed by atoms with van der Waals surface area (Å²) < 4.78 is 25.3. The van der Waals surface area contributed by atoms with E-state index >= 15 is 0 Å². The van der Waals surface area contributed by atoms with Gasteiger partial charge < -0.3 is 9.90 Å². The number of nitrogens with zero attached hydrogens (tertiary/aromatic N) is 2. The number of carbonyl (C=O) groups is 1. The third kappa shape index (κ3) is 7.65. The van der Waals surface area contributed by atoms with Gasteiger partial charge in [-0.3, -0.25) is 0 Å². The molecule has 8 heteroatoms. The average Bonchev–Trinajstić information content (AvgIpc) is 2.46. The van der Waals surface area contributed by atoms with Crippen molar-refractivity contribution in [3.63, 3.8) is 0 Å². The molecule has 0 aliphatic rings. The van der Waals surface area contributed by atoms with Crippen LogP contribution < -0.4 is 5.11 Å². The minimum atomic E-state index is -3.11. The molecule has 2 aromatic rings. The molecule has 0 unspecified atom stereocenters. The van der Waals surface area contributed by atoms with Crippen molar-refractivity contribution in [2.45, 2.75) is 7.43 Å². The van der Waals surface area contributed by atoms with E-state index in [-0.39, 0.29) is 13.0 Å². The summed E-state index contributed by atoms with van der Waals surface area (Å²) in [5.74, 6) is -1.20. The fourth-order valence-corrected chi connectivity index (χ4v) is 1.27. The lowest BCUT2D eigenvalue weighted by Gasteiger charge is -2.00. The molecule has 0 aliphatic heterocycles. The van der Waals surface area contributed by atoms with Crippen molar-refractivity contribution in [1.82, 2.24) is 0 Å². The van der Waals surface area contributed by atoms with E-state index in [0.29, 0.717) is 5.69 Å². The lowest BCUT2D eigenvalue weighted by atomic mass is 10.2. The molecule has 0 fully saturated rings. The van der Waals surface area contributed by atoms with Crippen molar-refractivity contribution in [2.24, 2.45) is 10.2 Å². The monoisotopic (exact) mass is 321 g/mol. The summed E-state index contributed by atoms with van der Waals surface area (Å²) in [6, 6.07) is 15.3. The fraction of sp³-hybridized carbons (Fsp3) is 0.0714. The molecule has 0 saturated heterocycles. The lowest BCUT2D eigenvalue weighted by molar-refractivity contribution is -0.255. The van der Waals surface area contributed by atoms with E-state index in [1.807, 2.05) is 30.3 Å². The summed E-state index contributed by atoms with van der Waals surface area (Å²) in [6.45, 7) is 0. The zero-order valence-corrected chi connectivity index (χ0v) is 11.4. The Bertz CT molecular complexity index is 719. The highest BCUT2D eigenvalue weighted by Crippen LogP contribution is 2.17. The highest BCUT2D eigenvalue weighted by Gasteiger charge is 1.93. The van der Waals surface area contributed by atoms with Crippen molar-refractivity contribution in [2.75, 3.05) is 0 Å². The number of azo groups is 1. The van der Waals surface area contributed by atoms with E-state index < -0.39 is 16.6 Å². The number of benzene rings is 2. The molecule has 2 rings (SSSR count). The molecular formula is C14H13N2O5S-. The molecule has 0 aliphatic carbocycles. The number of hydrogen-bond acceptors (Lipinski definition) is 7. The van der Waals surface area contributed by atoms with Crippen LogP contribution in [-0.2, 0) is 10.6 Å². The molecule has 7 nitrogen and oxygen atoms in total. The first-order valence-electron chi connectivity index (χ1n) is 5.54. The summed E-state index contributed by atoms with van der Waals surface area (Å²) in [5, 5.41) is 18.5. The number of carboxylic acids is 1. The molecule has 0 saturated carbocycles. The minimum Gasteiger partial charge on any atom is -0.545 e. The molecule has 0 heterocycles. The van der Waals surface area contributed by atoms with E-state index in [2.05, 4.69) is 10.2 Å². The van der Waals surface area contributed by atoms with E-state index in [1.165, 1.54) is 12.1 Å². The Kier molecular flexibility index (Phi) is 8.65. The Morgan fingerprint density at radius 1 is 0.818 bits per heavy atom. The molecule has 0 atom stereocenters. The van der Waals surface area contributed by atoms with Gasteiger partial charge in [-0.05, 0) is 29.8 Å². The van der Waals surface area contributed by atoms with Crippen molar-refractivity contribution < 1.29 is 22.5 Å². The van der Waals surface area contributed by atoms with Gasteiger partial charge in [-0.15, -0.1) is 12.6 Å². The van der Waals surface area contributed by atoms with Crippen LogP contribution in [0.3, 0.4) is 0 Å². The van der Waals surface area contributed by atoms with Gasteiger partial charge in [0.2, 0.25) is 0 Å². The lowest BCUT2D eigenvalue weighted by Crippen LogP contribution is -2.21. The largest absolute Gasteiger partial charge is 0.545 e. The summed E-state index contributed by atoms with van der Waals surface area (Å²) >= 11 is 0. The van der Waals surface area contributed by atoms with Gasteiger partial charge in [0.1, 0.15) is 0 Å². The molecule has 0 spiro atoms. The van der Waals surface area contributed by atoms with Crippen LogP contribution in [0.25, 0.3) is 0 Å². The summed E-state index contributed by atoms with van der Waals surface area (Å²) in [5.41, 5.74) is 1.47. The van der Waals surface area contributed by atoms with Gasteiger partial charge in [-0.25, -0.2) is 0 Å². The van der Waals surface area contributed by atoms with Gasteiger partial charge in [0, 0.05) is 0 Å². The van der Waals surface area contributed by atoms with Crippen LogP contribution in [0.2, 0.25) is 0 Å². The second-order valence-corrected chi connectivity index (χ2v) is 3.98. The number of rotatable bonds is 3. The van der Waals surface area contributed by atoms with Crippen molar-refractivity contribution in [1.29, 1.82) is 0 Å². The number of aromatic carboxylic acids is 1. The first kappa shape index (κ1) is 19.1. The maximum atomic E-state index is 10.5. The highest BCUT2D eigenvalue weighted by atomic mass is 32.2. The zero-order valence-electron chi connectivity index (χ0n) is 10.5. The van der Waals surface area contributed by atoms with Crippen LogP contribution in [0.5, 0.6) is 0 Å². The molecule has 116 valence electrons. The number of hydrogen-bond donors (Lipinski definition) is 0. The van der Waals surface area contributed by atoms with Crippen molar-refractivity contribution in [3.8, 4) is 0 Å². The maximum Gasteiger partial charge on any atom is 0.425 e. The van der Waals surface area contributed by atoms with E-state index in [4.69, 9.17) is 12.6 Å². The van der Waals surface area contributed by atoms with E-state index in [1.54, 1.807) is 12.1 Å². The van der Waals surface area contributed by atoms with Gasteiger partial charge in [0.05, 0.1) is 17.3 Å². The molecular weight excluding hydrogens is 308 g/mol. The molecule has 0 aromatic heterocycles. The number of carboxylic acid groups (broad SMARTS) is 1. The number of carbonyl (C=O) groups excluding carboxylic acids is 1. The molecule has 0 bridgehead atoms. The average molecular weight is 321 g/mol. The predicted octanol–water partition coefficient (Wildman–Crippen LogP) is 2.10. The van der Waals surface area contributed by atoms with E-state index in [0.717, 1.165) is 5.69 Å². The third-order valence-corrected chi connectivity index (χ3v) is 2.14. The molecule has 22 heavy (non-hydrogen) atoms. The van der Waals surface area contributed by atoms with Crippen LogP contribution in [0.1, 0.15) is 17.8 Å². The Labute approximate surface area is 129 Å². The van der Waals surface area contributed by atoms with Crippen molar-refractivity contribution in [3.05, 3.63) is 60.2 Å². The second-order valence-electron chi connectivity index (χ2n) is 3.57. The second kappa shape index (κ2) is 9.94. The smallest absolute Gasteiger partial charge is 0.425 e. The Morgan fingerprint density at radius 3 is 1.64 bits per heavy atom. The quantitative estimate of drug-likeness (QED) is 0.802. The summed E-state index contributed by atoms with van der Waals surface area (Å²) in [6.07, 6.45) is 0. The minimum absolute atomic E-state index is 0. The van der Waals surface area contributed by atoms with Gasteiger partial charge in [0.15, 0.2) is 0 Å². The summed E-state index contributed by atoms with van der Waals surface area (Å²) in [4.78, 5) is 10.5. The predicted molar refractivity (Wildman–Crippen MR) is 77.8 cm³/mol. The first-order chi connectivity index (χ1) is 9.99. The Morgan fingerprint density at radius 2 is 1.23 bits per heavy atom. The van der Waals surface area contributed by atoms with Crippen LogP contribution in [0.15, 0.2) is 64.8 Å². The van der Waals surface area contributed by atoms with Crippen LogP contribution in [-0.4, -0.2) is 18.6 Å². The standard InChI is InChI=1S/C13H10N2O2.CH4.O3S/c16-13(17)10-6-8-12(9-7-10)15-14-11-4-2-1-3-5-11;;1-4(2)3/h1-9H,(H,16,17);1H4;/p-1. The Balaban J connectivity index is 0.000000791. The van der Waals surface area contributed by atoms with Crippen LogP contribution >= 0.6 is 0 Å². The fourth-order valence-electron chi connectivity index (χ4n) is 1.27. The van der Waals surface area contributed by atoms with Gasteiger partial charge >= 0.3 is 10.6 Å². The Hall–Kier alpha value is -2.87. The zero-order chi connectivity index (χ0) is 15.7. The molecule has 2 aromatic carbocycles. The molecule has 0 N–H and O–H groups in total. The summed E-state index contributed by atoms with van der Waals surface area (Å²) in [7, 11) is -3.11. The first-order valence-corrected chi connectivity index (χ1v) is 6.54. The highest BCUT2D eigenvalue weighted by molar-refractivity contribution is 7.59. The SMILES string of the molecule is C.O=C([O-])c1ccc(N=Nc2ccccc2)cc1.O=S(=O)=O. The normalized spacial score (nSPS) is 9.27. The van der Waals surface area contributed by atoms with E-state index in [9.17, 15) is 9.90 Å². The van der Waals surface area contributed by atoms with Crippen LogP contribution in [0, 0.1) is 0 Å².